The molecular formula is C23H22N4O. The molecule has 0 aliphatic carbocycles. The van der Waals surface area contributed by atoms with Crippen molar-refractivity contribution < 1.29 is 4.79 Å². The van der Waals surface area contributed by atoms with Crippen LogP contribution < -0.4 is 10.6 Å². The first-order valence-corrected chi connectivity index (χ1v) is 9.01. The fourth-order valence-electron chi connectivity index (χ4n) is 2.73. The maximum atomic E-state index is 12.5. The Morgan fingerprint density at radius 3 is 2.39 bits per heavy atom. The summed E-state index contributed by atoms with van der Waals surface area (Å²) in [4.78, 5) is 16.7. The summed E-state index contributed by atoms with van der Waals surface area (Å²) in [6, 6.07) is 20.6. The second-order valence-electron chi connectivity index (χ2n) is 7.49. The smallest absolute Gasteiger partial charge is 0.274 e. The van der Waals surface area contributed by atoms with Crippen LogP contribution >= 0.6 is 0 Å². The summed E-state index contributed by atoms with van der Waals surface area (Å²) in [6.45, 7) is 6.52. The highest BCUT2D eigenvalue weighted by atomic mass is 16.1. The number of anilines is 3. The lowest BCUT2D eigenvalue weighted by Crippen LogP contribution is -2.14. The van der Waals surface area contributed by atoms with Crippen LogP contribution in [-0.4, -0.2) is 10.9 Å². The number of carbonyl (C=O) groups is 1. The fourth-order valence-corrected chi connectivity index (χ4v) is 2.73. The van der Waals surface area contributed by atoms with E-state index in [1.807, 2.05) is 12.1 Å². The number of benzene rings is 2. The van der Waals surface area contributed by atoms with Crippen LogP contribution in [-0.2, 0) is 5.41 Å². The van der Waals surface area contributed by atoms with E-state index in [4.69, 9.17) is 5.26 Å². The van der Waals surface area contributed by atoms with Crippen molar-refractivity contribution in [2.24, 2.45) is 0 Å². The second-order valence-corrected chi connectivity index (χ2v) is 7.49. The molecule has 1 amide bonds. The van der Waals surface area contributed by atoms with Gasteiger partial charge < -0.3 is 10.6 Å². The van der Waals surface area contributed by atoms with Gasteiger partial charge in [0.15, 0.2) is 0 Å². The van der Waals surface area contributed by atoms with Gasteiger partial charge in [-0.05, 0) is 47.4 Å². The zero-order valence-corrected chi connectivity index (χ0v) is 16.2. The number of para-hydroxylation sites is 1. The Morgan fingerprint density at radius 2 is 1.71 bits per heavy atom. The minimum Gasteiger partial charge on any atom is -0.355 e. The lowest BCUT2D eigenvalue weighted by Gasteiger charge is -2.19. The molecule has 3 aromatic rings. The van der Waals surface area contributed by atoms with Crippen LogP contribution in [0, 0.1) is 11.3 Å². The highest BCUT2D eigenvalue weighted by molar-refractivity contribution is 6.04. The predicted octanol–water partition coefficient (Wildman–Crippen LogP) is 5.25. The molecule has 0 atom stereocenters. The Morgan fingerprint density at radius 1 is 1.00 bits per heavy atom. The number of hydrogen-bond donors (Lipinski definition) is 2. The molecule has 0 fully saturated rings. The summed E-state index contributed by atoms with van der Waals surface area (Å²) in [5.74, 6) is -0.366. The van der Waals surface area contributed by atoms with Crippen molar-refractivity contribution in [3.8, 4) is 6.07 Å². The molecule has 140 valence electrons. The number of pyridine rings is 1. The topological polar surface area (TPSA) is 77.8 Å². The van der Waals surface area contributed by atoms with Gasteiger partial charge in [0.25, 0.3) is 5.91 Å². The van der Waals surface area contributed by atoms with Gasteiger partial charge in [-0.25, -0.2) is 0 Å². The molecule has 5 nitrogen and oxygen atoms in total. The standard InChI is InChI=1S/C23H22N4O/c1-23(2,3)17-8-10-18(11-9-17)26-19-12-13-25-21(14-19)22(28)27-20-7-5-4-6-16(20)15-24/h4-14H,1-3H3,(H,25,26)(H,27,28). The van der Waals surface area contributed by atoms with Gasteiger partial charge in [-0.15, -0.1) is 0 Å². The van der Waals surface area contributed by atoms with Crippen molar-refractivity contribution >= 4 is 23.0 Å². The SMILES string of the molecule is CC(C)(C)c1ccc(Nc2ccnc(C(=O)Nc3ccccc3C#N)c2)cc1. The van der Waals surface area contributed by atoms with Gasteiger partial charge >= 0.3 is 0 Å². The first-order chi connectivity index (χ1) is 13.4. The van der Waals surface area contributed by atoms with Gasteiger partial charge in [0.1, 0.15) is 11.8 Å². The van der Waals surface area contributed by atoms with Gasteiger partial charge in [-0.3, -0.25) is 9.78 Å². The fraction of sp³-hybridized carbons (Fsp3) is 0.174. The zero-order valence-electron chi connectivity index (χ0n) is 16.2. The quantitative estimate of drug-likeness (QED) is 0.658. The summed E-state index contributed by atoms with van der Waals surface area (Å²) in [6.07, 6.45) is 1.58. The Hall–Kier alpha value is -3.65. The molecule has 5 heteroatoms. The largest absolute Gasteiger partial charge is 0.355 e. The molecular weight excluding hydrogens is 348 g/mol. The average molecular weight is 370 g/mol. The van der Waals surface area contributed by atoms with Crippen molar-refractivity contribution in [1.82, 2.24) is 4.98 Å². The van der Waals surface area contributed by atoms with E-state index in [0.29, 0.717) is 11.3 Å². The molecule has 0 aliphatic heterocycles. The minimum atomic E-state index is -0.366. The van der Waals surface area contributed by atoms with Crippen molar-refractivity contribution in [1.29, 1.82) is 5.26 Å². The molecule has 0 radical (unpaired) electrons. The molecule has 0 saturated heterocycles. The molecule has 0 unspecified atom stereocenters. The molecule has 28 heavy (non-hydrogen) atoms. The Bertz CT molecular complexity index is 1030. The minimum absolute atomic E-state index is 0.0974. The van der Waals surface area contributed by atoms with E-state index in [-0.39, 0.29) is 17.0 Å². The summed E-state index contributed by atoms with van der Waals surface area (Å²) < 4.78 is 0. The maximum Gasteiger partial charge on any atom is 0.274 e. The van der Waals surface area contributed by atoms with Crippen molar-refractivity contribution in [3.05, 3.63) is 83.7 Å². The van der Waals surface area contributed by atoms with Crippen LogP contribution in [0.1, 0.15) is 42.4 Å². The van der Waals surface area contributed by atoms with Crippen molar-refractivity contribution in [2.75, 3.05) is 10.6 Å². The summed E-state index contributed by atoms with van der Waals surface area (Å²) in [5, 5.41) is 15.2. The summed E-state index contributed by atoms with van der Waals surface area (Å²) in [5.41, 5.74) is 4.18. The predicted molar refractivity (Wildman–Crippen MR) is 112 cm³/mol. The second kappa shape index (κ2) is 7.93. The highest BCUT2D eigenvalue weighted by Gasteiger charge is 2.13. The maximum absolute atomic E-state index is 12.5. The molecule has 1 aromatic heterocycles. The number of aromatic nitrogens is 1. The normalized spacial score (nSPS) is 10.8. The van der Waals surface area contributed by atoms with Gasteiger partial charge in [0, 0.05) is 17.6 Å². The van der Waals surface area contributed by atoms with Crippen molar-refractivity contribution in [2.45, 2.75) is 26.2 Å². The number of amides is 1. The van der Waals surface area contributed by atoms with E-state index < -0.39 is 0 Å². The monoisotopic (exact) mass is 370 g/mol. The Labute approximate surface area is 165 Å². The molecule has 1 heterocycles. The van der Waals surface area contributed by atoms with Gasteiger partial charge in [0.2, 0.25) is 0 Å². The van der Waals surface area contributed by atoms with Crippen molar-refractivity contribution in [3.63, 3.8) is 0 Å². The molecule has 2 aromatic carbocycles. The highest BCUT2D eigenvalue weighted by Crippen LogP contribution is 2.25. The third kappa shape index (κ3) is 4.54. The van der Waals surface area contributed by atoms with E-state index in [1.54, 1.807) is 42.6 Å². The first kappa shape index (κ1) is 19.1. The van der Waals surface area contributed by atoms with E-state index in [9.17, 15) is 4.79 Å². The van der Waals surface area contributed by atoms with Crippen LogP contribution in [0.5, 0.6) is 0 Å². The van der Waals surface area contributed by atoms with Crippen LogP contribution in [0.2, 0.25) is 0 Å². The summed E-state index contributed by atoms with van der Waals surface area (Å²) >= 11 is 0. The van der Waals surface area contributed by atoms with E-state index in [1.165, 1.54) is 5.56 Å². The molecule has 2 N–H and O–H groups in total. The molecule has 0 saturated carbocycles. The zero-order chi connectivity index (χ0) is 20.1. The average Bonchev–Trinajstić information content (AvgIpc) is 2.68. The summed E-state index contributed by atoms with van der Waals surface area (Å²) in [7, 11) is 0. The molecule has 3 rings (SSSR count). The van der Waals surface area contributed by atoms with Crippen LogP contribution in [0.3, 0.4) is 0 Å². The van der Waals surface area contributed by atoms with E-state index in [0.717, 1.165) is 11.4 Å². The van der Waals surface area contributed by atoms with Gasteiger partial charge in [-0.1, -0.05) is 45.0 Å². The number of rotatable bonds is 4. The Balaban J connectivity index is 1.75. The third-order valence-electron chi connectivity index (χ3n) is 4.33. The van der Waals surface area contributed by atoms with Crippen LogP contribution in [0.25, 0.3) is 0 Å². The lowest BCUT2D eigenvalue weighted by atomic mass is 9.87. The van der Waals surface area contributed by atoms with Crippen LogP contribution in [0.15, 0.2) is 66.9 Å². The Kier molecular flexibility index (Phi) is 5.42. The molecule has 0 aliphatic rings. The number of carbonyl (C=O) groups excluding carboxylic acids is 1. The number of hydrogen-bond acceptors (Lipinski definition) is 4. The molecule has 0 spiro atoms. The van der Waals surface area contributed by atoms with Gasteiger partial charge in [-0.2, -0.15) is 5.26 Å². The molecule has 0 bridgehead atoms. The van der Waals surface area contributed by atoms with E-state index >= 15 is 0 Å². The number of nitrogens with zero attached hydrogens (tertiary/aromatic N) is 2. The third-order valence-corrected chi connectivity index (χ3v) is 4.33. The van der Waals surface area contributed by atoms with Gasteiger partial charge in [0.05, 0.1) is 11.3 Å². The number of nitrogens with one attached hydrogen (secondary N) is 2. The lowest BCUT2D eigenvalue weighted by molar-refractivity contribution is 0.102. The van der Waals surface area contributed by atoms with Crippen LogP contribution in [0.4, 0.5) is 17.1 Å². The first-order valence-electron chi connectivity index (χ1n) is 9.01. The van der Waals surface area contributed by atoms with E-state index in [2.05, 4.69) is 54.6 Å². The number of nitriles is 1.